The molecule has 6 nitrogen and oxygen atoms in total. The number of aromatic nitrogens is 2. The van der Waals surface area contributed by atoms with E-state index in [0.29, 0.717) is 11.9 Å². The van der Waals surface area contributed by atoms with Gasteiger partial charge in [0.2, 0.25) is 0 Å². The van der Waals surface area contributed by atoms with Gasteiger partial charge in [0, 0.05) is 24.2 Å². The van der Waals surface area contributed by atoms with E-state index in [1.54, 1.807) is 6.33 Å². The lowest BCUT2D eigenvalue weighted by molar-refractivity contribution is 0.257. The second-order valence-electron chi connectivity index (χ2n) is 5.57. The summed E-state index contributed by atoms with van der Waals surface area (Å²) in [5.74, 6) is 7.14. The van der Waals surface area contributed by atoms with E-state index in [9.17, 15) is 0 Å². The van der Waals surface area contributed by atoms with E-state index in [1.807, 2.05) is 0 Å². The van der Waals surface area contributed by atoms with Crippen molar-refractivity contribution < 1.29 is 0 Å². The fourth-order valence-electron chi connectivity index (χ4n) is 2.41. The first-order valence-corrected chi connectivity index (χ1v) is 7.43. The molecule has 1 aromatic rings. The Balaban J connectivity index is 2.00. The number of hydrazine groups is 1. The zero-order valence-electron chi connectivity index (χ0n) is 12.7. The minimum absolute atomic E-state index is 0.487. The number of hydrogen-bond acceptors (Lipinski definition) is 6. The standard InChI is InChI=1S/C14H26N6/c1-4-5-12-13(17-9-18-14(12)19-15)16-8-10(2)20(3)11-6-7-11/h9-11H,4-8,15H2,1-3H3,(H2,16,17,18,19). The molecule has 0 spiro atoms. The van der Waals surface area contributed by atoms with E-state index in [1.165, 1.54) is 12.8 Å². The topological polar surface area (TPSA) is 79.1 Å². The predicted molar refractivity (Wildman–Crippen MR) is 82.6 cm³/mol. The summed E-state index contributed by atoms with van der Waals surface area (Å²) in [6.45, 7) is 5.26. The highest BCUT2D eigenvalue weighted by Gasteiger charge is 2.29. The zero-order chi connectivity index (χ0) is 14.5. The van der Waals surface area contributed by atoms with Crippen LogP contribution in [-0.4, -0.2) is 40.5 Å². The van der Waals surface area contributed by atoms with Gasteiger partial charge in [-0.3, -0.25) is 4.90 Å². The van der Waals surface area contributed by atoms with E-state index >= 15 is 0 Å². The van der Waals surface area contributed by atoms with Gasteiger partial charge in [-0.1, -0.05) is 13.3 Å². The van der Waals surface area contributed by atoms with Crippen LogP contribution in [0.1, 0.15) is 38.7 Å². The van der Waals surface area contributed by atoms with Crippen LogP contribution in [0.4, 0.5) is 11.6 Å². The summed E-state index contributed by atoms with van der Waals surface area (Å²) in [4.78, 5) is 11.0. The minimum atomic E-state index is 0.487. The van der Waals surface area contributed by atoms with Gasteiger partial charge in [-0.05, 0) is 33.2 Å². The molecule has 1 heterocycles. The number of nitrogens with two attached hydrogens (primary N) is 1. The molecule has 1 atom stereocenters. The van der Waals surface area contributed by atoms with Gasteiger partial charge in [0.15, 0.2) is 0 Å². The molecule has 20 heavy (non-hydrogen) atoms. The summed E-state index contributed by atoms with van der Waals surface area (Å²) in [5, 5.41) is 3.45. The number of nitrogen functional groups attached to an aromatic ring is 1. The molecule has 0 bridgehead atoms. The Labute approximate surface area is 121 Å². The maximum atomic E-state index is 5.53. The maximum Gasteiger partial charge on any atom is 0.148 e. The Hall–Kier alpha value is -1.40. The molecule has 112 valence electrons. The van der Waals surface area contributed by atoms with Gasteiger partial charge in [0.1, 0.15) is 18.0 Å². The van der Waals surface area contributed by atoms with E-state index in [2.05, 4.69) is 46.5 Å². The normalized spacial score (nSPS) is 16.2. The van der Waals surface area contributed by atoms with Crippen molar-refractivity contribution in [1.29, 1.82) is 0 Å². The maximum absolute atomic E-state index is 5.53. The third-order valence-electron chi connectivity index (χ3n) is 3.97. The van der Waals surface area contributed by atoms with Crippen molar-refractivity contribution in [3.8, 4) is 0 Å². The highest BCUT2D eigenvalue weighted by molar-refractivity contribution is 5.56. The fraction of sp³-hybridized carbons (Fsp3) is 0.714. The summed E-state index contributed by atoms with van der Waals surface area (Å²) < 4.78 is 0. The van der Waals surface area contributed by atoms with Gasteiger partial charge < -0.3 is 10.7 Å². The van der Waals surface area contributed by atoms with Crippen LogP contribution in [0, 0.1) is 0 Å². The number of nitrogens with zero attached hydrogens (tertiary/aromatic N) is 3. The highest BCUT2D eigenvalue weighted by Crippen LogP contribution is 2.27. The molecule has 0 radical (unpaired) electrons. The van der Waals surface area contributed by atoms with Crippen LogP contribution in [0.25, 0.3) is 0 Å². The average molecular weight is 278 g/mol. The van der Waals surface area contributed by atoms with Crippen molar-refractivity contribution in [2.24, 2.45) is 5.84 Å². The largest absolute Gasteiger partial charge is 0.368 e. The van der Waals surface area contributed by atoms with Crippen LogP contribution in [0.3, 0.4) is 0 Å². The molecule has 1 aliphatic rings. The van der Waals surface area contributed by atoms with Crippen molar-refractivity contribution in [2.45, 2.75) is 51.6 Å². The summed E-state index contributed by atoms with van der Waals surface area (Å²) in [6.07, 6.45) is 6.16. The van der Waals surface area contributed by atoms with Crippen molar-refractivity contribution in [3.63, 3.8) is 0 Å². The molecule has 6 heteroatoms. The minimum Gasteiger partial charge on any atom is -0.368 e. The van der Waals surface area contributed by atoms with Crippen molar-refractivity contribution in [3.05, 3.63) is 11.9 Å². The molecule has 2 rings (SSSR count). The highest BCUT2D eigenvalue weighted by atomic mass is 15.3. The Kier molecular flexibility index (Phi) is 5.14. The van der Waals surface area contributed by atoms with E-state index in [0.717, 1.165) is 36.8 Å². The molecule has 0 aromatic carbocycles. The van der Waals surface area contributed by atoms with Gasteiger partial charge in [0.05, 0.1) is 0 Å². The molecule has 1 aliphatic carbocycles. The number of rotatable bonds is 8. The summed E-state index contributed by atoms with van der Waals surface area (Å²) in [5.41, 5.74) is 3.73. The summed E-state index contributed by atoms with van der Waals surface area (Å²) in [7, 11) is 2.20. The van der Waals surface area contributed by atoms with E-state index in [4.69, 9.17) is 5.84 Å². The SMILES string of the molecule is CCCc1c(NN)ncnc1NCC(C)N(C)C1CC1. The quantitative estimate of drug-likeness (QED) is 0.495. The van der Waals surface area contributed by atoms with Crippen molar-refractivity contribution in [1.82, 2.24) is 14.9 Å². The van der Waals surface area contributed by atoms with Gasteiger partial charge in [-0.15, -0.1) is 0 Å². The molecule has 4 N–H and O–H groups in total. The Morgan fingerprint density at radius 1 is 1.40 bits per heavy atom. The van der Waals surface area contributed by atoms with Crippen LogP contribution < -0.4 is 16.6 Å². The number of hydrogen-bond donors (Lipinski definition) is 3. The molecule has 1 fully saturated rings. The third-order valence-corrected chi connectivity index (χ3v) is 3.97. The zero-order valence-corrected chi connectivity index (χ0v) is 12.7. The molecule has 0 amide bonds. The lowest BCUT2D eigenvalue weighted by Gasteiger charge is -2.25. The second kappa shape index (κ2) is 6.85. The molecule has 1 unspecified atom stereocenters. The van der Waals surface area contributed by atoms with Crippen molar-refractivity contribution in [2.75, 3.05) is 24.3 Å². The molecular weight excluding hydrogens is 252 g/mol. The third kappa shape index (κ3) is 3.58. The Morgan fingerprint density at radius 2 is 2.10 bits per heavy atom. The van der Waals surface area contributed by atoms with Gasteiger partial charge in [-0.25, -0.2) is 15.8 Å². The predicted octanol–water partition coefficient (Wildman–Crippen LogP) is 1.61. The summed E-state index contributed by atoms with van der Waals surface area (Å²) >= 11 is 0. The monoisotopic (exact) mass is 278 g/mol. The second-order valence-corrected chi connectivity index (χ2v) is 5.57. The smallest absolute Gasteiger partial charge is 0.148 e. The van der Waals surface area contributed by atoms with Crippen LogP contribution in [0.5, 0.6) is 0 Å². The first-order valence-electron chi connectivity index (χ1n) is 7.43. The molecule has 0 saturated heterocycles. The number of nitrogens with one attached hydrogen (secondary N) is 2. The van der Waals surface area contributed by atoms with Gasteiger partial charge in [-0.2, -0.15) is 0 Å². The van der Waals surface area contributed by atoms with E-state index in [-0.39, 0.29) is 0 Å². The Bertz CT molecular complexity index is 432. The first-order chi connectivity index (χ1) is 9.67. The fourth-order valence-corrected chi connectivity index (χ4v) is 2.41. The van der Waals surface area contributed by atoms with Crippen LogP contribution >= 0.6 is 0 Å². The lowest BCUT2D eigenvalue weighted by atomic mass is 10.1. The summed E-state index contributed by atoms with van der Waals surface area (Å²) in [6, 6.07) is 1.26. The first kappa shape index (κ1) is 15.0. The van der Waals surface area contributed by atoms with Gasteiger partial charge >= 0.3 is 0 Å². The lowest BCUT2D eigenvalue weighted by Crippen LogP contribution is -2.36. The Morgan fingerprint density at radius 3 is 2.70 bits per heavy atom. The van der Waals surface area contributed by atoms with Crippen molar-refractivity contribution >= 4 is 11.6 Å². The van der Waals surface area contributed by atoms with E-state index < -0.39 is 0 Å². The molecule has 1 aromatic heterocycles. The molecular formula is C14H26N6. The van der Waals surface area contributed by atoms with Crippen LogP contribution in [0.15, 0.2) is 6.33 Å². The van der Waals surface area contributed by atoms with Crippen LogP contribution in [0.2, 0.25) is 0 Å². The van der Waals surface area contributed by atoms with Gasteiger partial charge in [0.25, 0.3) is 0 Å². The molecule has 1 saturated carbocycles. The van der Waals surface area contributed by atoms with Crippen LogP contribution in [-0.2, 0) is 6.42 Å². The number of likely N-dealkylation sites (N-methyl/N-ethyl adjacent to an activating group) is 1. The number of anilines is 2. The average Bonchev–Trinajstić information content (AvgIpc) is 3.29. The molecule has 0 aliphatic heterocycles.